The number of nitrogens with zero attached hydrogens (tertiary/aromatic N) is 3. The normalized spacial score (nSPS) is 10.7. The Morgan fingerprint density at radius 2 is 1.89 bits per heavy atom. The molecule has 0 bridgehead atoms. The molecular weight excluding hydrogens is 269 g/mol. The van der Waals surface area contributed by atoms with Gasteiger partial charge in [0, 0.05) is 18.6 Å². The number of halogens is 3. The van der Waals surface area contributed by atoms with Crippen molar-refractivity contribution >= 4 is 17.5 Å². The van der Waals surface area contributed by atoms with Gasteiger partial charge in [-0.25, -0.2) is 14.8 Å². The maximum absolute atomic E-state index is 10.7. The zero-order valence-electron chi connectivity index (χ0n) is 9.13. The van der Waals surface area contributed by atoms with Gasteiger partial charge in [-0.1, -0.05) is 0 Å². The van der Waals surface area contributed by atoms with Gasteiger partial charge in [-0.05, 0) is 0 Å². The number of carbonyl (C=O) groups excluding carboxylic acids is 1. The molecule has 0 aliphatic rings. The first-order chi connectivity index (χ1) is 8.71. The quantitative estimate of drug-likeness (QED) is 0.786. The Morgan fingerprint density at radius 3 is 2.37 bits per heavy atom. The molecule has 19 heavy (non-hydrogen) atoms. The first-order valence-electron chi connectivity index (χ1n) is 4.60. The van der Waals surface area contributed by atoms with E-state index in [-0.39, 0.29) is 5.69 Å². The van der Waals surface area contributed by atoms with Gasteiger partial charge in [0.05, 0.1) is 6.20 Å². The van der Waals surface area contributed by atoms with Crippen molar-refractivity contribution in [3.05, 3.63) is 30.5 Å². The number of alkyl halides is 3. The second kappa shape index (κ2) is 5.33. The number of carbonyl (C=O) groups is 2. The third kappa shape index (κ3) is 3.94. The number of carboxylic acid groups (broad SMARTS) is 1. The number of carboxylic acids is 1. The fourth-order valence-corrected chi connectivity index (χ4v) is 0.953. The molecule has 0 aliphatic heterocycles. The molecule has 7 nitrogen and oxygen atoms in total. The molecule has 0 spiro atoms. The summed E-state index contributed by atoms with van der Waals surface area (Å²) in [6.07, 6.45) is 1.32. The van der Waals surface area contributed by atoms with Crippen LogP contribution in [-0.2, 0) is 4.79 Å². The van der Waals surface area contributed by atoms with Gasteiger partial charge in [0.2, 0.25) is 0 Å². The van der Waals surface area contributed by atoms with E-state index in [2.05, 4.69) is 9.97 Å². The Labute approximate surface area is 103 Å². The monoisotopic (exact) mass is 276 g/mol. The Kier molecular flexibility index (Phi) is 4.04. The molecule has 2 aromatic heterocycles. The zero-order chi connectivity index (χ0) is 14.6. The number of imidazole rings is 1. The zero-order valence-corrected chi connectivity index (χ0v) is 9.13. The smallest absolute Gasteiger partial charge is 0.475 e. The summed E-state index contributed by atoms with van der Waals surface area (Å²) in [6.45, 7) is 0. The van der Waals surface area contributed by atoms with Crippen molar-refractivity contribution in [2.24, 2.45) is 5.73 Å². The number of aliphatic carboxylic acids is 1. The molecule has 0 atom stereocenters. The van der Waals surface area contributed by atoms with Crippen LogP contribution < -0.4 is 5.73 Å². The standard InChI is InChI=1S/C7H6N4O.C2HF3O2/c8-7(12)5-4-11-2-1-9-6(11)3-10-5;3-2(4,5)1(6)7/h1-4H,(H2,8,12);(H,6,7). The molecule has 2 rings (SSSR count). The minimum absolute atomic E-state index is 0.237. The van der Waals surface area contributed by atoms with Crippen LogP contribution in [-0.4, -0.2) is 37.5 Å². The van der Waals surface area contributed by atoms with Gasteiger partial charge in [-0.3, -0.25) is 4.79 Å². The minimum atomic E-state index is -5.08. The van der Waals surface area contributed by atoms with Gasteiger partial charge in [0.1, 0.15) is 5.69 Å². The van der Waals surface area contributed by atoms with Crippen LogP contribution in [0.3, 0.4) is 0 Å². The average Bonchev–Trinajstić information content (AvgIpc) is 2.74. The highest BCUT2D eigenvalue weighted by atomic mass is 19.4. The van der Waals surface area contributed by atoms with Gasteiger partial charge >= 0.3 is 12.1 Å². The Balaban J connectivity index is 0.000000224. The number of hydrogen-bond acceptors (Lipinski definition) is 4. The van der Waals surface area contributed by atoms with Crippen molar-refractivity contribution in [1.82, 2.24) is 14.4 Å². The lowest BCUT2D eigenvalue weighted by Gasteiger charge is -1.95. The van der Waals surface area contributed by atoms with E-state index >= 15 is 0 Å². The fourth-order valence-electron chi connectivity index (χ4n) is 0.953. The van der Waals surface area contributed by atoms with Gasteiger partial charge in [-0.15, -0.1) is 0 Å². The van der Waals surface area contributed by atoms with E-state index in [0.29, 0.717) is 5.65 Å². The van der Waals surface area contributed by atoms with E-state index in [1.54, 1.807) is 23.0 Å². The summed E-state index contributed by atoms with van der Waals surface area (Å²) in [5.74, 6) is -3.29. The second-order valence-corrected chi connectivity index (χ2v) is 3.13. The van der Waals surface area contributed by atoms with Crippen molar-refractivity contribution in [2.75, 3.05) is 0 Å². The van der Waals surface area contributed by atoms with Crippen molar-refractivity contribution in [3.63, 3.8) is 0 Å². The predicted molar refractivity (Wildman–Crippen MR) is 55.2 cm³/mol. The van der Waals surface area contributed by atoms with E-state index in [1.807, 2.05) is 0 Å². The number of aromatic nitrogens is 3. The maximum Gasteiger partial charge on any atom is 0.490 e. The van der Waals surface area contributed by atoms with Gasteiger partial charge in [0.25, 0.3) is 5.91 Å². The highest BCUT2D eigenvalue weighted by molar-refractivity contribution is 5.90. The fraction of sp³-hybridized carbons (Fsp3) is 0.111. The minimum Gasteiger partial charge on any atom is -0.475 e. The van der Waals surface area contributed by atoms with Crippen LogP contribution in [0.4, 0.5) is 13.2 Å². The molecule has 0 aromatic carbocycles. The summed E-state index contributed by atoms with van der Waals surface area (Å²) in [7, 11) is 0. The molecule has 2 heterocycles. The van der Waals surface area contributed by atoms with Crippen LogP contribution in [0.5, 0.6) is 0 Å². The van der Waals surface area contributed by atoms with E-state index in [4.69, 9.17) is 15.6 Å². The molecule has 10 heteroatoms. The molecule has 1 amide bonds. The van der Waals surface area contributed by atoms with Crippen LogP contribution in [0.15, 0.2) is 24.8 Å². The number of fused-ring (bicyclic) bond motifs is 1. The predicted octanol–water partition coefficient (Wildman–Crippen LogP) is 0.461. The summed E-state index contributed by atoms with van der Waals surface area (Å²) in [5, 5.41) is 7.12. The third-order valence-electron chi connectivity index (χ3n) is 1.77. The number of primary amides is 1. The Bertz CT molecular complexity index is 608. The molecule has 0 aliphatic carbocycles. The van der Waals surface area contributed by atoms with Crippen LogP contribution in [0, 0.1) is 0 Å². The molecule has 0 saturated carbocycles. The number of hydrogen-bond donors (Lipinski definition) is 2. The highest BCUT2D eigenvalue weighted by Crippen LogP contribution is 2.13. The van der Waals surface area contributed by atoms with Crippen LogP contribution in [0.25, 0.3) is 5.65 Å². The first-order valence-corrected chi connectivity index (χ1v) is 4.60. The largest absolute Gasteiger partial charge is 0.490 e. The van der Waals surface area contributed by atoms with Crippen molar-refractivity contribution < 1.29 is 27.9 Å². The Hall–Kier alpha value is -2.65. The molecule has 0 saturated heterocycles. The van der Waals surface area contributed by atoms with Crippen LogP contribution in [0.1, 0.15) is 10.5 Å². The summed E-state index contributed by atoms with van der Waals surface area (Å²) in [5.41, 5.74) is 5.97. The molecule has 0 unspecified atom stereocenters. The van der Waals surface area contributed by atoms with Crippen molar-refractivity contribution in [3.8, 4) is 0 Å². The maximum atomic E-state index is 10.7. The van der Waals surface area contributed by atoms with Crippen LogP contribution >= 0.6 is 0 Å². The van der Waals surface area contributed by atoms with Gasteiger partial charge in [0.15, 0.2) is 5.65 Å². The summed E-state index contributed by atoms with van der Waals surface area (Å²) >= 11 is 0. The number of amides is 1. The molecule has 0 fully saturated rings. The van der Waals surface area contributed by atoms with E-state index in [9.17, 15) is 18.0 Å². The number of nitrogens with two attached hydrogens (primary N) is 1. The van der Waals surface area contributed by atoms with Gasteiger partial charge in [-0.2, -0.15) is 13.2 Å². The van der Waals surface area contributed by atoms with E-state index in [1.165, 1.54) is 6.20 Å². The second-order valence-electron chi connectivity index (χ2n) is 3.13. The highest BCUT2D eigenvalue weighted by Gasteiger charge is 2.38. The summed E-state index contributed by atoms with van der Waals surface area (Å²) in [4.78, 5) is 27.4. The molecule has 0 radical (unpaired) electrons. The molecule has 102 valence electrons. The van der Waals surface area contributed by atoms with Crippen molar-refractivity contribution in [2.45, 2.75) is 6.18 Å². The molecule has 2 aromatic rings. The number of rotatable bonds is 1. The molecular formula is C9H7F3N4O3. The third-order valence-corrected chi connectivity index (χ3v) is 1.77. The van der Waals surface area contributed by atoms with E-state index < -0.39 is 18.1 Å². The molecule has 3 N–H and O–H groups in total. The lowest BCUT2D eigenvalue weighted by atomic mass is 10.4. The lowest BCUT2D eigenvalue weighted by Crippen LogP contribution is -2.21. The lowest BCUT2D eigenvalue weighted by molar-refractivity contribution is -0.192. The van der Waals surface area contributed by atoms with Crippen LogP contribution in [0.2, 0.25) is 0 Å². The van der Waals surface area contributed by atoms with Gasteiger partial charge < -0.3 is 15.2 Å². The first kappa shape index (κ1) is 14.4. The topological polar surface area (TPSA) is 111 Å². The van der Waals surface area contributed by atoms with Crippen molar-refractivity contribution in [1.29, 1.82) is 0 Å². The Morgan fingerprint density at radius 1 is 1.32 bits per heavy atom. The SMILES string of the molecule is NC(=O)c1cn2ccnc2cn1.O=C(O)C(F)(F)F. The summed E-state index contributed by atoms with van der Waals surface area (Å²) in [6, 6.07) is 0. The van der Waals surface area contributed by atoms with E-state index in [0.717, 1.165) is 0 Å². The summed E-state index contributed by atoms with van der Waals surface area (Å²) < 4.78 is 33.4. The average molecular weight is 276 g/mol.